The van der Waals surface area contributed by atoms with E-state index in [0.717, 1.165) is 5.38 Å². The van der Waals surface area contributed by atoms with Gasteiger partial charge >= 0.3 is 6.09 Å². The van der Waals surface area contributed by atoms with E-state index in [4.69, 9.17) is 4.74 Å². The molecule has 1 aliphatic carbocycles. The van der Waals surface area contributed by atoms with Crippen LogP contribution in [0.3, 0.4) is 0 Å². The van der Waals surface area contributed by atoms with Crippen molar-refractivity contribution in [3.63, 3.8) is 0 Å². The van der Waals surface area contributed by atoms with Crippen molar-refractivity contribution in [1.82, 2.24) is 4.90 Å². The molecule has 27 heavy (non-hydrogen) atoms. The van der Waals surface area contributed by atoms with E-state index in [-0.39, 0.29) is 18.2 Å². The third-order valence-electron chi connectivity index (χ3n) is 6.76. The van der Waals surface area contributed by atoms with Crippen LogP contribution in [-0.4, -0.2) is 31.2 Å². The highest BCUT2D eigenvalue weighted by Crippen LogP contribution is 2.55. The van der Waals surface area contributed by atoms with Gasteiger partial charge in [0.15, 0.2) is 0 Å². The summed E-state index contributed by atoms with van der Waals surface area (Å²) < 4.78 is 6.34. The lowest BCUT2D eigenvalue weighted by Gasteiger charge is -2.44. The lowest BCUT2D eigenvalue weighted by Crippen LogP contribution is -2.50. The van der Waals surface area contributed by atoms with Crippen LogP contribution in [0.25, 0.3) is 0 Å². The molecule has 0 aliphatic heterocycles. The quantitative estimate of drug-likeness (QED) is 0.317. The van der Waals surface area contributed by atoms with Gasteiger partial charge in [0.25, 0.3) is 0 Å². The van der Waals surface area contributed by atoms with Gasteiger partial charge in [0, 0.05) is 12.1 Å². The average molecular weight is 396 g/mol. The van der Waals surface area contributed by atoms with Gasteiger partial charge in [0.2, 0.25) is 0 Å². The van der Waals surface area contributed by atoms with E-state index in [2.05, 4.69) is 89.2 Å². The van der Waals surface area contributed by atoms with E-state index in [1.807, 2.05) is 4.90 Å². The van der Waals surface area contributed by atoms with Gasteiger partial charge < -0.3 is 9.64 Å². The smallest absolute Gasteiger partial charge is 0.414 e. The Morgan fingerprint density at radius 3 is 1.56 bits per heavy atom. The van der Waals surface area contributed by atoms with E-state index < -0.39 is 8.07 Å². The molecule has 3 nitrogen and oxygen atoms in total. The number of allylic oxidation sites excluding steroid dienone is 1. The molecule has 0 N–H and O–H groups in total. The Morgan fingerprint density at radius 1 is 0.926 bits per heavy atom. The summed E-state index contributed by atoms with van der Waals surface area (Å²) in [4.78, 5) is 15.1. The van der Waals surface area contributed by atoms with Crippen LogP contribution in [0.5, 0.6) is 0 Å². The van der Waals surface area contributed by atoms with E-state index in [0.29, 0.717) is 28.0 Å². The maximum absolute atomic E-state index is 13.2. The summed E-state index contributed by atoms with van der Waals surface area (Å²) >= 11 is 0. The van der Waals surface area contributed by atoms with Gasteiger partial charge in [0.05, 0.1) is 5.38 Å². The molecule has 0 heterocycles. The molecule has 0 bridgehead atoms. The standard InChI is InChI=1S/C23H45NO2Si/c1-15(2)24(16(3)4)22(25)26-21(13-20-14-23(20,11)12)27(17(5)6,18(7)8)19(9)10/h13,15-20H,14H2,1-12H3/b21-13+/t20-/m1/s1. The molecule has 0 aromatic heterocycles. The molecular formula is C23H45NO2Si. The van der Waals surface area contributed by atoms with Crippen LogP contribution in [0, 0.1) is 11.3 Å². The fraction of sp³-hybridized carbons (Fsp3) is 0.870. The molecule has 0 unspecified atom stereocenters. The predicted molar refractivity (Wildman–Crippen MR) is 120 cm³/mol. The van der Waals surface area contributed by atoms with Crippen molar-refractivity contribution in [3.05, 3.63) is 11.5 Å². The molecule has 1 rings (SSSR count). The molecule has 1 amide bonds. The van der Waals surface area contributed by atoms with E-state index in [9.17, 15) is 4.79 Å². The zero-order chi connectivity index (χ0) is 21.3. The Hall–Kier alpha value is -0.773. The first-order valence-electron chi connectivity index (χ1n) is 10.9. The average Bonchev–Trinajstić information content (AvgIpc) is 3.03. The maximum Gasteiger partial charge on any atom is 0.414 e. The molecular weight excluding hydrogens is 350 g/mol. The minimum absolute atomic E-state index is 0.129. The Labute approximate surface area is 169 Å². The van der Waals surface area contributed by atoms with Crippen molar-refractivity contribution >= 4 is 14.2 Å². The zero-order valence-electron chi connectivity index (χ0n) is 20.0. The lowest BCUT2D eigenvalue weighted by molar-refractivity contribution is 0.105. The van der Waals surface area contributed by atoms with Gasteiger partial charge in [-0.05, 0) is 68.1 Å². The normalized spacial score (nSPS) is 20.2. The Kier molecular flexibility index (Phi) is 7.83. The van der Waals surface area contributed by atoms with Gasteiger partial charge in [-0.1, -0.05) is 55.4 Å². The highest BCUT2D eigenvalue weighted by molar-refractivity contribution is 6.89. The van der Waals surface area contributed by atoms with Crippen molar-refractivity contribution in [2.45, 2.75) is 118 Å². The maximum atomic E-state index is 13.2. The van der Waals surface area contributed by atoms with Crippen LogP contribution in [0.2, 0.25) is 16.6 Å². The number of rotatable bonds is 8. The summed E-state index contributed by atoms with van der Waals surface area (Å²) in [6, 6.07) is 0.258. The second kappa shape index (κ2) is 8.71. The minimum atomic E-state index is -2.03. The number of hydrogen-bond acceptors (Lipinski definition) is 2. The second-order valence-electron chi connectivity index (χ2n) is 10.7. The summed E-state index contributed by atoms with van der Waals surface area (Å²) in [7, 11) is -2.03. The summed E-state index contributed by atoms with van der Waals surface area (Å²) in [5.74, 6) is 0.523. The fourth-order valence-corrected chi connectivity index (χ4v) is 11.7. The van der Waals surface area contributed by atoms with Crippen molar-refractivity contribution in [2.24, 2.45) is 11.3 Å². The Bertz CT molecular complexity index is 517. The molecule has 4 heteroatoms. The molecule has 0 aromatic carbocycles. The van der Waals surface area contributed by atoms with Gasteiger partial charge in [-0.2, -0.15) is 0 Å². The number of ether oxygens (including phenoxy) is 1. The number of amides is 1. The summed E-state index contributed by atoms with van der Waals surface area (Å²) in [6.45, 7) is 26.8. The van der Waals surface area contributed by atoms with Crippen LogP contribution in [-0.2, 0) is 4.74 Å². The molecule has 1 saturated carbocycles. The van der Waals surface area contributed by atoms with E-state index in [1.54, 1.807) is 0 Å². The van der Waals surface area contributed by atoms with Gasteiger partial charge in [-0.3, -0.25) is 0 Å². The summed E-state index contributed by atoms with van der Waals surface area (Å²) in [5.41, 5.74) is 1.89. The molecule has 0 radical (unpaired) electrons. The van der Waals surface area contributed by atoms with Crippen LogP contribution in [0.4, 0.5) is 4.79 Å². The Morgan fingerprint density at radius 2 is 1.30 bits per heavy atom. The summed E-state index contributed by atoms with van der Waals surface area (Å²) in [5, 5.41) is 1.04. The second-order valence-corrected chi connectivity index (χ2v) is 16.5. The first kappa shape index (κ1) is 24.3. The Balaban J connectivity index is 3.42. The van der Waals surface area contributed by atoms with Crippen molar-refractivity contribution < 1.29 is 9.53 Å². The van der Waals surface area contributed by atoms with Crippen LogP contribution >= 0.6 is 0 Å². The zero-order valence-corrected chi connectivity index (χ0v) is 21.0. The fourth-order valence-electron chi connectivity index (χ4n) is 5.26. The number of carbonyl (C=O) groups excluding carboxylic acids is 1. The monoisotopic (exact) mass is 395 g/mol. The molecule has 0 aromatic rings. The summed E-state index contributed by atoms with van der Waals surface area (Å²) in [6.07, 6.45) is 3.36. The molecule has 1 fully saturated rings. The first-order chi connectivity index (χ1) is 12.2. The molecule has 158 valence electrons. The number of nitrogens with zero attached hydrogens (tertiary/aromatic N) is 1. The van der Waals surface area contributed by atoms with Crippen LogP contribution in [0.15, 0.2) is 11.5 Å². The van der Waals surface area contributed by atoms with Crippen molar-refractivity contribution in [2.75, 3.05) is 0 Å². The van der Waals surface area contributed by atoms with E-state index >= 15 is 0 Å². The largest absolute Gasteiger partial charge is 0.420 e. The van der Waals surface area contributed by atoms with Crippen molar-refractivity contribution in [3.8, 4) is 0 Å². The molecule has 1 atom stereocenters. The molecule has 1 aliphatic rings. The van der Waals surface area contributed by atoms with Gasteiger partial charge in [-0.25, -0.2) is 4.79 Å². The molecule has 0 spiro atoms. The van der Waals surface area contributed by atoms with Crippen molar-refractivity contribution in [1.29, 1.82) is 0 Å². The third kappa shape index (κ3) is 4.99. The lowest BCUT2D eigenvalue weighted by atomic mass is 10.1. The number of carbonyl (C=O) groups is 1. The van der Waals surface area contributed by atoms with Crippen LogP contribution in [0.1, 0.15) is 89.5 Å². The van der Waals surface area contributed by atoms with Crippen LogP contribution < -0.4 is 0 Å². The number of hydrogen-bond donors (Lipinski definition) is 0. The SMILES string of the molecule is CC(C)N(C(=O)O/C(=C\[C@@H]1CC1(C)C)[Si](C(C)C)(C(C)C)C(C)C)C(C)C. The first-order valence-corrected chi connectivity index (χ1v) is 13.1. The molecule has 0 saturated heterocycles. The van der Waals surface area contributed by atoms with E-state index in [1.165, 1.54) is 6.42 Å². The predicted octanol–water partition coefficient (Wildman–Crippen LogP) is 7.39. The topological polar surface area (TPSA) is 29.5 Å². The third-order valence-corrected chi connectivity index (χ3v) is 13.6. The highest BCUT2D eigenvalue weighted by atomic mass is 28.3. The van der Waals surface area contributed by atoms with Gasteiger partial charge in [0.1, 0.15) is 8.07 Å². The van der Waals surface area contributed by atoms with Gasteiger partial charge in [-0.15, -0.1) is 0 Å². The minimum Gasteiger partial charge on any atom is -0.420 e. The highest BCUT2D eigenvalue weighted by Gasteiger charge is 2.52.